The van der Waals surface area contributed by atoms with Crippen LogP contribution >= 0.6 is 0 Å². The summed E-state index contributed by atoms with van der Waals surface area (Å²) in [6.45, 7) is 1.88. The van der Waals surface area contributed by atoms with Crippen molar-refractivity contribution in [1.29, 1.82) is 0 Å². The molecule has 29 heavy (non-hydrogen) atoms. The first kappa shape index (κ1) is 21.7. The van der Waals surface area contributed by atoms with Crippen LogP contribution in [0.1, 0.15) is 17.3 Å². The van der Waals surface area contributed by atoms with Crippen LogP contribution in [0.15, 0.2) is 48.5 Å². The molecule has 0 saturated heterocycles. The van der Waals surface area contributed by atoms with Gasteiger partial charge in [0.05, 0.1) is 32.4 Å². The Kier molecular flexibility index (Phi) is 8.02. The lowest BCUT2D eigenvalue weighted by molar-refractivity contribution is -0.132. The van der Waals surface area contributed by atoms with E-state index in [1.807, 2.05) is 6.92 Å². The first-order valence-electron chi connectivity index (χ1n) is 9.12. The van der Waals surface area contributed by atoms with Crippen molar-refractivity contribution in [3.63, 3.8) is 0 Å². The number of anilines is 1. The van der Waals surface area contributed by atoms with Crippen LogP contribution in [0.3, 0.4) is 0 Å². The Morgan fingerprint density at radius 1 is 1.03 bits per heavy atom. The molecule has 8 nitrogen and oxygen atoms in total. The van der Waals surface area contributed by atoms with Crippen molar-refractivity contribution in [2.75, 3.05) is 39.2 Å². The van der Waals surface area contributed by atoms with Gasteiger partial charge in [-0.3, -0.25) is 14.4 Å². The molecule has 0 unspecified atom stereocenters. The fourth-order valence-electron chi connectivity index (χ4n) is 2.50. The van der Waals surface area contributed by atoms with E-state index in [1.165, 1.54) is 11.9 Å². The zero-order chi connectivity index (χ0) is 21.2. The number of hydrogen-bond acceptors (Lipinski definition) is 5. The van der Waals surface area contributed by atoms with E-state index in [2.05, 4.69) is 10.6 Å². The molecule has 0 saturated carbocycles. The molecule has 0 aromatic heterocycles. The van der Waals surface area contributed by atoms with Crippen molar-refractivity contribution in [1.82, 2.24) is 10.2 Å². The molecule has 0 bridgehead atoms. The molecular formula is C21H25N3O5. The number of rotatable bonds is 9. The van der Waals surface area contributed by atoms with Gasteiger partial charge in [0.15, 0.2) is 0 Å². The molecule has 0 atom stereocenters. The van der Waals surface area contributed by atoms with Crippen molar-refractivity contribution in [3.8, 4) is 11.5 Å². The van der Waals surface area contributed by atoms with Gasteiger partial charge < -0.3 is 25.0 Å². The Hall–Kier alpha value is -3.55. The standard InChI is InChI=1S/C21H25N3O5/c1-4-29-18-8-6-5-7-17(18)21(27)22-13-20(26)24(2)14-19(25)23-15-9-11-16(28-3)12-10-15/h5-12H,4,13-14H2,1-3H3,(H,22,27)(H,23,25). The summed E-state index contributed by atoms with van der Waals surface area (Å²) in [5.41, 5.74) is 0.944. The van der Waals surface area contributed by atoms with Crippen LogP contribution in [-0.4, -0.2) is 56.5 Å². The van der Waals surface area contributed by atoms with Crippen molar-refractivity contribution >= 4 is 23.4 Å². The number of amides is 3. The summed E-state index contributed by atoms with van der Waals surface area (Å²) < 4.78 is 10.5. The van der Waals surface area contributed by atoms with Crippen LogP contribution in [0.25, 0.3) is 0 Å². The molecule has 0 fully saturated rings. The number of benzene rings is 2. The minimum atomic E-state index is -0.418. The van der Waals surface area contributed by atoms with E-state index in [0.29, 0.717) is 29.4 Å². The van der Waals surface area contributed by atoms with E-state index in [4.69, 9.17) is 9.47 Å². The molecule has 2 N–H and O–H groups in total. The van der Waals surface area contributed by atoms with E-state index >= 15 is 0 Å². The first-order chi connectivity index (χ1) is 13.9. The Balaban J connectivity index is 1.83. The third-order valence-electron chi connectivity index (χ3n) is 4.01. The van der Waals surface area contributed by atoms with Gasteiger partial charge in [-0.25, -0.2) is 0 Å². The van der Waals surface area contributed by atoms with Crippen LogP contribution in [0, 0.1) is 0 Å². The van der Waals surface area contributed by atoms with Crippen LogP contribution in [0.2, 0.25) is 0 Å². The number of carbonyl (C=O) groups excluding carboxylic acids is 3. The molecular weight excluding hydrogens is 374 g/mol. The molecule has 8 heteroatoms. The second-order valence-corrected chi connectivity index (χ2v) is 6.14. The highest BCUT2D eigenvalue weighted by molar-refractivity contribution is 5.99. The molecule has 2 aromatic rings. The maximum Gasteiger partial charge on any atom is 0.255 e. The van der Waals surface area contributed by atoms with Crippen molar-refractivity contribution in [2.45, 2.75) is 6.92 Å². The highest BCUT2D eigenvalue weighted by atomic mass is 16.5. The summed E-state index contributed by atoms with van der Waals surface area (Å²) in [4.78, 5) is 37.9. The van der Waals surface area contributed by atoms with Crippen LogP contribution in [0.4, 0.5) is 5.69 Å². The molecule has 0 aliphatic carbocycles. The lowest BCUT2D eigenvalue weighted by Gasteiger charge is -2.17. The van der Waals surface area contributed by atoms with Gasteiger partial charge >= 0.3 is 0 Å². The SMILES string of the molecule is CCOc1ccccc1C(=O)NCC(=O)N(C)CC(=O)Nc1ccc(OC)cc1. The third kappa shape index (κ3) is 6.53. The fourth-order valence-corrected chi connectivity index (χ4v) is 2.50. The molecule has 3 amide bonds. The van der Waals surface area contributed by atoms with Gasteiger partial charge in [0.1, 0.15) is 11.5 Å². The smallest absolute Gasteiger partial charge is 0.255 e. The number of nitrogens with one attached hydrogen (secondary N) is 2. The predicted octanol–water partition coefficient (Wildman–Crippen LogP) is 1.92. The predicted molar refractivity (Wildman–Crippen MR) is 109 cm³/mol. The molecule has 0 radical (unpaired) electrons. The second kappa shape index (κ2) is 10.7. The third-order valence-corrected chi connectivity index (χ3v) is 4.01. The quantitative estimate of drug-likeness (QED) is 0.672. The highest BCUT2D eigenvalue weighted by Crippen LogP contribution is 2.17. The molecule has 0 heterocycles. The van der Waals surface area contributed by atoms with E-state index < -0.39 is 11.8 Å². The lowest BCUT2D eigenvalue weighted by Crippen LogP contribution is -2.41. The highest BCUT2D eigenvalue weighted by Gasteiger charge is 2.16. The summed E-state index contributed by atoms with van der Waals surface area (Å²) >= 11 is 0. The zero-order valence-electron chi connectivity index (χ0n) is 16.7. The summed E-state index contributed by atoms with van der Waals surface area (Å²) in [6, 6.07) is 13.6. The normalized spacial score (nSPS) is 10.0. The lowest BCUT2D eigenvalue weighted by atomic mass is 10.2. The Morgan fingerprint density at radius 3 is 2.38 bits per heavy atom. The molecule has 154 valence electrons. The molecule has 0 spiro atoms. The minimum absolute atomic E-state index is 0.143. The average molecular weight is 399 g/mol. The number of methoxy groups -OCH3 is 1. The van der Waals surface area contributed by atoms with E-state index in [1.54, 1.807) is 55.6 Å². The van der Waals surface area contributed by atoms with Crippen molar-refractivity contribution in [3.05, 3.63) is 54.1 Å². The summed E-state index contributed by atoms with van der Waals surface area (Å²) in [7, 11) is 3.05. The van der Waals surface area contributed by atoms with Crippen molar-refractivity contribution in [2.24, 2.45) is 0 Å². The number of nitrogens with zero attached hydrogens (tertiary/aromatic N) is 1. The molecule has 0 aliphatic rings. The van der Waals surface area contributed by atoms with Crippen molar-refractivity contribution < 1.29 is 23.9 Å². The van der Waals surface area contributed by atoms with Crippen LogP contribution < -0.4 is 20.1 Å². The Labute approximate surface area is 169 Å². The number of para-hydroxylation sites is 1. The van der Waals surface area contributed by atoms with E-state index in [9.17, 15) is 14.4 Å². The minimum Gasteiger partial charge on any atom is -0.497 e. The van der Waals surface area contributed by atoms with Gasteiger partial charge in [0.25, 0.3) is 5.91 Å². The fraction of sp³-hybridized carbons (Fsp3) is 0.286. The van der Waals surface area contributed by atoms with Gasteiger partial charge in [-0.15, -0.1) is 0 Å². The van der Waals surface area contributed by atoms with E-state index in [0.717, 1.165) is 0 Å². The second-order valence-electron chi connectivity index (χ2n) is 6.14. The maximum absolute atomic E-state index is 12.3. The summed E-state index contributed by atoms with van der Waals surface area (Å²) in [6.07, 6.45) is 0. The first-order valence-corrected chi connectivity index (χ1v) is 9.12. The zero-order valence-corrected chi connectivity index (χ0v) is 16.7. The molecule has 2 rings (SSSR count). The monoisotopic (exact) mass is 399 g/mol. The molecule has 0 aliphatic heterocycles. The van der Waals surface area contributed by atoms with Gasteiger partial charge in [-0.05, 0) is 43.3 Å². The van der Waals surface area contributed by atoms with Gasteiger partial charge in [0.2, 0.25) is 11.8 Å². The van der Waals surface area contributed by atoms with Crippen LogP contribution in [0.5, 0.6) is 11.5 Å². The number of hydrogen-bond donors (Lipinski definition) is 2. The maximum atomic E-state index is 12.3. The number of ether oxygens (including phenoxy) is 2. The van der Waals surface area contributed by atoms with E-state index in [-0.39, 0.29) is 19.0 Å². The molecule has 2 aromatic carbocycles. The summed E-state index contributed by atoms with van der Waals surface area (Å²) in [5.74, 6) is -0.0289. The largest absolute Gasteiger partial charge is 0.497 e. The van der Waals surface area contributed by atoms with Crippen LogP contribution in [-0.2, 0) is 9.59 Å². The average Bonchev–Trinajstić information content (AvgIpc) is 2.72. The number of likely N-dealkylation sites (N-methyl/N-ethyl adjacent to an activating group) is 1. The topological polar surface area (TPSA) is 97.0 Å². The number of carbonyl (C=O) groups is 3. The summed E-state index contributed by atoms with van der Waals surface area (Å²) in [5, 5.41) is 5.26. The van der Waals surface area contributed by atoms with Gasteiger partial charge in [0, 0.05) is 12.7 Å². The Bertz CT molecular complexity index is 852. The van der Waals surface area contributed by atoms with Gasteiger partial charge in [-0.2, -0.15) is 0 Å². The van der Waals surface area contributed by atoms with Gasteiger partial charge in [-0.1, -0.05) is 12.1 Å². The Morgan fingerprint density at radius 2 is 1.72 bits per heavy atom.